The fourth-order valence-corrected chi connectivity index (χ4v) is 4.18. The topological polar surface area (TPSA) is 12.0 Å². The number of anilines is 1. The van der Waals surface area contributed by atoms with E-state index in [-0.39, 0.29) is 11.0 Å². The molecule has 0 bridgehead atoms. The summed E-state index contributed by atoms with van der Waals surface area (Å²) >= 11 is 0. The third-order valence-corrected chi connectivity index (χ3v) is 6.01. The molecule has 0 aliphatic heterocycles. The maximum Gasteiger partial charge on any atom is 0.136 e. The van der Waals surface area contributed by atoms with Gasteiger partial charge in [-0.2, -0.15) is 0 Å². The van der Waals surface area contributed by atoms with Crippen LogP contribution in [0.3, 0.4) is 0 Å². The summed E-state index contributed by atoms with van der Waals surface area (Å²) in [5.74, 6) is -2.64. The van der Waals surface area contributed by atoms with Crippen LogP contribution >= 0.6 is 0 Å². The Labute approximate surface area is 172 Å². The van der Waals surface area contributed by atoms with E-state index in [2.05, 4.69) is 32.2 Å². The number of hydrogen-bond acceptors (Lipinski definition) is 1. The molecule has 1 saturated carbocycles. The monoisotopic (exact) mass is 403 g/mol. The quantitative estimate of drug-likeness (QED) is 0.549. The zero-order valence-electron chi connectivity index (χ0n) is 18.0. The molecule has 4 heteroatoms. The van der Waals surface area contributed by atoms with Crippen LogP contribution in [-0.4, -0.2) is 6.04 Å². The van der Waals surface area contributed by atoms with E-state index >= 15 is 0 Å². The Kier molecular flexibility index (Phi) is 6.60. The summed E-state index contributed by atoms with van der Waals surface area (Å²) in [6.45, 7) is 8.13. The molecule has 1 nitrogen and oxygen atoms in total. The Hall–Kier alpha value is -1.97. The molecular formula is C25H32F3N. The number of nitrogens with one attached hydrogen (secondary N) is 1. The number of halogens is 3. The Balaban J connectivity index is 2.08. The highest BCUT2D eigenvalue weighted by molar-refractivity contribution is 5.76. The molecule has 0 spiro atoms. The first kappa shape index (κ1) is 21.7. The van der Waals surface area contributed by atoms with E-state index in [1.165, 1.54) is 32.1 Å². The van der Waals surface area contributed by atoms with E-state index < -0.39 is 17.5 Å². The van der Waals surface area contributed by atoms with Crippen molar-refractivity contribution in [3.8, 4) is 11.1 Å². The highest BCUT2D eigenvalue weighted by atomic mass is 19.1. The minimum absolute atomic E-state index is 0.157. The second kappa shape index (κ2) is 8.81. The van der Waals surface area contributed by atoms with Crippen LogP contribution in [0.4, 0.5) is 18.9 Å². The van der Waals surface area contributed by atoms with Crippen molar-refractivity contribution in [2.24, 2.45) is 0 Å². The molecule has 29 heavy (non-hydrogen) atoms. The molecule has 2 aromatic rings. The van der Waals surface area contributed by atoms with Gasteiger partial charge in [0.05, 0.1) is 5.56 Å². The van der Waals surface area contributed by atoms with Gasteiger partial charge in [0.15, 0.2) is 0 Å². The lowest BCUT2D eigenvalue weighted by atomic mass is 9.83. The minimum atomic E-state index is -0.902. The lowest BCUT2D eigenvalue weighted by Gasteiger charge is -2.27. The normalized spacial score (nSPS) is 16.4. The van der Waals surface area contributed by atoms with Crippen LogP contribution in [0.5, 0.6) is 0 Å². The molecular weight excluding hydrogens is 371 g/mol. The lowest BCUT2D eigenvalue weighted by molar-refractivity contribution is 0.471. The standard InChI is InChI=1S/C25H32F3N/c1-16-20(24-21(27)14-18(26)15-22(24)28)12-17(25(2,3)4)13-23(16)29-19-10-8-6-5-7-9-11-19/h12-15,19,29H,5-11H2,1-4H3. The summed E-state index contributed by atoms with van der Waals surface area (Å²) in [6, 6.07) is 5.82. The summed E-state index contributed by atoms with van der Waals surface area (Å²) in [7, 11) is 0. The predicted octanol–water partition coefficient (Wildman–Crippen LogP) is 7.90. The number of rotatable bonds is 3. The third kappa shape index (κ3) is 5.15. The van der Waals surface area contributed by atoms with Crippen LogP contribution in [0, 0.1) is 24.4 Å². The zero-order chi connectivity index (χ0) is 21.2. The molecule has 3 rings (SSSR count). The average molecular weight is 404 g/mol. The van der Waals surface area contributed by atoms with E-state index in [9.17, 15) is 13.2 Å². The van der Waals surface area contributed by atoms with Crippen molar-refractivity contribution in [1.82, 2.24) is 0 Å². The van der Waals surface area contributed by atoms with Gasteiger partial charge in [-0.05, 0) is 54.0 Å². The van der Waals surface area contributed by atoms with Crippen molar-refractivity contribution < 1.29 is 13.2 Å². The molecule has 0 saturated heterocycles. The van der Waals surface area contributed by atoms with Crippen molar-refractivity contribution in [3.05, 3.63) is 52.8 Å². The molecule has 0 aromatic heterocycles. The maximum atomic E-state index is 14.6. The molecule has 0 unspecified atom stereocenters. The third-order valence-electron chi connectivity index (χ3n) is 6.01. The van der Waals surface area contributed by atoms with Gasteiger partial charge >= 0.3 is 0 Å². The lowest BCUT2D eigenvalue weighted by Crippen LogP contribution is -2.22. The van der Waals surface area contributed by atoms with Crippen molar-refractivity contribution >= 4 is 5.69 Å². The van der Waals surface area contributed by atoms with Gasteiger partial charge in [0.1, 0.15) is 17.5 Å². The first-order valence-electron chi connectivity index (χ1n) is 10.7. The summed E-state index contributed by atoms with van der Waals surface area (Å²) in [4.78, 5) is 0. The first-order valence-corrected chi connectivity index (χ1v) is 10.7. The van der Waals surface area contributed by atoms with Crippen molar-refractivity contribution in [2.75, 3.05) is 5.32 Å². The largest absolute Gasteiger partial charge is 0.382 e. The Morgan fingerprint density at radius 3 is 1.93 bits per heavy atom. The summed E-state index contributed by atoms with van der Waals surface area (Å²) in [5, 5.41) is 3.67. The van der Waals surface area contributed by atoms with Gasteiger partial charge in [-0.25, -0.2) is 13.2 Å². The molecule has 1 aliphatic rings. The summed E-state index contributed by atoms with van der Waals surface area (Å²) < 4.78 is 42.6. The average Bonchev–Trinajstić information content (AvgIpc) is 2.58. The maximum absolute atomic E-state index is 14.6. The van der Waals surface area contributed by atoms with Gasteiger partial charge in [0.25, 0.3) is 0 Å². The molecule has 0 radical (unpaired) electrons. The van der Waals surface area contributed by atoms with Crippen LogP contribution in [0.15, 0.2) is 24.3 Å². The van der Waals surface area contributed by atoms with E-state index in [1.807, 2.05) is 13.0 Å². The van der Waals surface area contributed by atoms with Crippen LogP contribution in [0.2, 0.25) is 0 Å². The second-order valence-electron chi connectivity index (χ2n) is 9.38. The van der Waals surface area contributed by atoms with Gasteiger partial charge in [-0.3, -0.25) is 0 Å². The van der Waals surface area contributed by atoms with E-state index in [0.717, 1.165) is 41.8 Å². The smallest absolute Gasteiger partial charge is 0.136 e. The Bertz CT molecular complexity index is 836. The second-order valence-corrected chi connectivity index (χ2v) is 9.38. The molecule has 0 amide bonds. The number of hydrogen-bond donors (Lipinski definition) is 1. The molecule has 2 aromatic carbocycles. The fraction of sp³-hybridized carbons (Fsp3) is 0.520. The first-order chi connectivity index (χ1) is 13.7. The van der Waals surface area contributed by atoms with E-state index in [0.29, 0.717) is 11.6 Å². The summed E-state index contributed by atoms with van der Waals surface area (Å²) in [5.41, 5.74) is 2.85. The zero-order valence-corrected chi connectivity index (χ0v) is 18.0. The van der Waals surface area contributed by atoms with Gasteiger partial charge in [-0.1, -0.05) is 52.9 Å². The highest BCUT2D eigenvalue weighted by Crippen LogP contribution is 2.38. The highest BCUT2D eigenvalue weighted by Gasteiger charge is 2.23. The van der Waals surface area contributed by atoms with Gasteiger partial charge < -0.3 is 5.32 Å². The van der Waals surface area contributed by atoms with Gasteiger partial charge in [-0.15, -0.1) is 0 Å². The summed E-state index contributed by atoms with van der Waals surface area (Å²) in [6.07, 6.45) is 8.43. The van der Waals surface area contributed by atoms with E-state index in [1.54, 1.807) is 0 Å². The Morgan fingerprint density at radius 2 is 1.38 bits per heavy atom. The molecule has 1 N–H and O–H groups in total. The van der Waals surface area contributed by atoms with Gasteiger partial charge in [0.2, 0.25) is 0 Å². The van der Waals surface area contributed by atoms with E-state index in [4.69, 9.17) is 0 Å². The minimum Gasteiger partial charge on any atom is -0.382 e. The predicted molar refractivity (Wildman–Crippen MR) is 115 cm³/mol. The molecule has 158 valence electrons. The molecule has 1 aliphatic carbocycles. The van der Waals surface area contributed by atoms with Crippen LogP contribution in [-0.2, 0) is 5.41 Å². The molecule has 1 fully saturated rings. The fourth-order valence-electron chi connectivity index (χ4n) is 4.18. The van der Waals surface area contributed by atoms with Crippen molar-refractivity contribution in [2.45, 2.75) is 84.1 Å². The van der Waals surface area contributed by atoms with Crippen LogP contribution in [0.25, 0.3) is 11.1 Å². The van der Waals surface area contributed by atoms with Crippen LogP contribution in [0.1, 0.15) is 76.8 Å². The van der Waals surface area contributed by atoms with Crippen molar-refractivity contribution in [3.63, 3.8) is 0 Å². The van der Waals surface area contributed by atoms with Crippen molar-refractivity contribution in [1.29, 1.82) is 0 Å². The Morgan fingerprint density at radius 1 is 0.828 bits per heavy atom. The van der Waals surface area contributed by atoms with Gasteiger partial charge in [0, 0.05) is 23.9 Å². The van der Waals surface area contributed by atoms with Crippen LogP contribution < -0.4 is 5.32 Å². The molecule has 0 atom stereocenters. The SMILES string of the molecule is Cc1c(NC2CCCCCCC2)cc(C(C)(C)C)cc1-c1c(F)cc(F)cc1F. The number of benzene rings is 2. The molecule has 0 heterocycles.